The molecule has 0 aliphatic carbocycles. The van der Waals surface area contributed by atoms with Gasteiger partial charge in [-0.1, -0.05) is 74.9 Å². The van der Waals surface area contributed by atoms with Crippen LogP contribution in [0.1, 0.15) is 32.8 Å². The van der Waals surface area contributed by atoms with E-state index in [4.69, 9.17) is 22.1 Å². The van der Waals surface area contributed by atoms with Crippen molar-refractivity contribution in [2.75, 3.05) is 5.73 Å². The number of rotatable bonds is 4. The van der Waals surface area contributed by atoms with Gasteiger partial charge < -0.3 is 10.5 Å². The zero-order chi connectivity index (χ0) is 20.2. The lowest BCUT2D eigenvalue weighted by atomic mass is 10.2. The Kier molecular flexibility index (Phi) is 9.69. The minimum absolute atomic E-state index is 0.183. The number of amides is 1. The lowest BCUT2D eigenvalue weighted by Gasteiger charge is -2.07. The van der Waals surface area contributed by atoms with E-state index in [-0.39, 0.29) is 11.8 Å². The van der Waals surface area contributed by atoms with E-state index in [0.717, 1.165) is 10.8 Å². The Morgan fingerprint density at radius 2 is 1.96 bits per heavy atom. The van der Waals surface area contributed by atoms with Gasteiger partial charge in [0.25, 0.3) is 0 Å². The zero-order valence-electron chi connectivity index (χ0n) is 16.0. The van der Waals surface area contributed by atoms with Crippen LogP contribution in [-0.2, 0) is 11.3 Å². The van der Waals surface area contributed by atoms with Gasteiger partial charge >= 0.3 is 6.09 Å². The number of hydrogen-bond donors (Lipinski definition) is 2. The number of aromatic nitrogens is 1. The molecule has 0 bridgehead atoms. The van der Waals surface area contributed by atoms with Crippen LogP contribution in [0, 0.1) is 0 Å². The summed E-state index contributed by atoms with van der Waals surface area (Å²) >= 11 is 5.92. The van der Waals surface area contributed by atoms with Gasteiger partial charge in [-0.3, -0.25) is 5.32 Å². The first-order valence-corrected chi connectivity index (χ1v) is 9.05. The molecule has 0 saturated heterocycles. The summed E-state index contributed by atoms with van der Waals surface area (Å²) in [7, 11) is 0. The van der Waals surface area contributed by atoms with Crippen molar-refractivity contribution in [3.63, 3.8) is 0 Å². The molecule has 0 fully saturated rings. The van der Waals surface area contributed by atoms with Crippen LogP contribution in [-0.4, -0.2) is 11.1 Å². The molecular formula is C21H26ClN3O2. The summed E-state index contributed by atoms with van der Waals surface area (Å²) in [6.45, 7) is 10.1. The molecule has 0 spiro atoms. The SMILES string of the molecule is C=C(/C=c1/cc(Cl)nc(N)/c1=C/C)NC(=O)OCc1ccccc1.CCC. The normalized spacial score (nSPS) is 11.4. The number of carbonyl (C=O) groups is 1. The maximum absolute atomic E-state index is 11.8. The van der Waals surface area contributed by atoms with Crippen molar-refractivity contribution >= 4 is 35.7 Å². The number of anilines is 1. The van der Waals surface area contributed by atoms with E-state index in [0.29, 0.717) is 16.7 Å². The highest BCUT2D eigenvalue weighted by Crippen LogP contribution is 2.02. The summed E-state index contributed by atoms with van der Waals surface area (Å²) in [6, 6.07) is 11.1. The number of halogens is 1. The first-order chi connectivity index (χ1) is 12.9. The maximum Gasteiger partial charge on any atom is 0.411 e. The van der Waals surface area contributed by atoms with Crippen molar-refractivity contribution in [3.05, 3.63) is 69.8 Å². The summed E-state index contributed by atoms with van der Waals surface area (Å²) in [6.07, 6.45) is 4.13. The molecule has 1 amide bonds. The van der Waals surface area contributed by atoms with Gasteiger partial charge in [-0.25, -0.2) is 9.78 Å². The van der Waals surface area contributed by atoms with Crippen LogP contribution in [0.25, 0.3) is 12.2 Å². The summed E-state index contributed by atoms with van der Waals surface area (Å²) in [4.78, 5) is 15.8. The number of nitrogens with two attached hydrogens (primary N) is 1. The predicted molar refractivity (Wildman–Crippen MR) is 112 cm³/mol. The molecular weight excluding hydrogens is 362 g/mol. The van der Waals surface area contributed by atoms with E-state index < -0.39 is 6.09 Å². The molecule has 0 unspecified atom stereocenters. The lowest BCUT2D eigenvalue weighted by Crippen LogP contribution is -2.31. The number of allylic oxidation sites excluding steroid dienone is 1. The molecule has 0 aliphatic heterocycles. The number of nitrogen functional groups attached to an aromatic ring is 1. The number of pyridine rings is 1. The third-order valence-corrected chi connectivity index (χ3v) is 3.38. The van der Waals surface area contributed by atoms with Gasteiger partial charge in [-0.2, -0.15) is 0 Å². The van der Waals surface area contributed by atoms with E-state index in [2.05, 4.69) is 30.7 Å². The Bertz CT molecular complexity index is 880. The highest BCUT2D eigenvalue weighted by Gasteiger charge is 2.04. The molecule has 6 heteroatoms. The second-order valence-electron chi connectivity index (χ2n) is 5.69. The molecule has 144 valence electrons. The second kappa shape index (κ2) is 11.8. The van der Waals surface area contributed by atoms with Crippen LogP contribution >= 0.6 is 11.6 Å². The third-order valence-electron chi connectivity index (χ3n) is 3.18. The number of ether oxygens (including phenoxy) is 1. The second-order valence-corrected chi connectivity index (χ2v) is 6.07. The van der Waals surface area contributed by atoms with Gasteiger partial charge in [-0.05, 0) is 29.8 Å². The van der Waals surface area contributed by atoms with E-state index in [1.807, 2.05) is 43.3 Å². The van der Waals surface area contributed by atoms with Gasteiger partial charge in [-0.15, -0.1) is 0 Å². The van der Waals surface area contributed by atoms with Crippen molar-refractivity contribution in [2.24, 2.45) is 0 Å². The first-order valence-electron chi connectivity index (χ1n) is 8.67. The van der Waals surface area contributed by atoms with Gasteiger partial charge in [0.1, 0.15) is 17.6 Å². The lowest BCUT2D eigenvalue weighted by molar-refractivity contribution is 0.143. The zero-order valence-corrected chi connectivity index (χ0v) is 16.7. The number of alkyl carbamates (subject to hydrolysis) is 1. The van der Waals surface area contributed by atoms with E-state index >= 15 is 0 Å². The molecule has 0 atom stereocenters. The number of hydrogen-bond acceptors (Lipinski definition) is 4. The molecule has 1 heterocycles. The molecule has 27 heavy (non-hydrogen) atoms. The molecule has 1 aromatic carbocycles. The van der Waals surface area contributed by atoms with Crippen molar-refractivity contribution in [1.29, 1.82) is 0 Å². The van der Waals surface area contributed by atoms with Crippen LogP contribution < -0.4 is 21.5 Å². The van der Waals surface area contributed by atoms with Crippen molar-refractivity contribution in [2.45, 2.75) is 33.8 Å². The Balaban J connectivity index is 0.00000114. The number of benzene rings is 1. The Labute approximate surface area is 165 Å². The number of carbonyl (C=O) groups excluding carboxylic acids is 1. The van der Waals surface area contributed by atoms with E-state index in [1.165, 1.54) is 6.42 Å². The van der Waals surface area contributed by atoms with Crippen LogP contribution in [0.5, 0.6) is 0 Å². The number of nitrogens with one attached hydrogen (secondary N) is 1. The molecule has 0 radical (unpaired) electrons. The third kappa shape index (κ3) is 7.96. The molecule has 3 N–H and O–H groups in total. The smallest absolute Gasteiger partial charge is 0.411 e. The summed E-state index contributed by atoms with van der Waals surface area (Å²) in [5.41, 5.74) is 7.09. The van der Waals surface area contributed by atoms with E-state index in [9.17, 15) is 4.79 Å². The van der Waals surface area contributed by atoms with Crippen LogP contribution in [0.4, 0.5) is 10.6 Å². The van der Waals surface area contributed by atoms with Crippen LogP contribution in [0.3, 0.4) is 0 Å². The summed E-state index contributed by atoms with van der Waals surface area (Å²) in [5, 5.41) is 4.26. The van der Waals surface area contributed by atoms with Gasteiger partial charge in [0.05, 0.1) is 0 Å². The fourth-order valence-electron chi connectivity index (χ4n) is 2.11. The topological polar surface area (TPSA) is 77.2 Å². The molecule has 0 aliphatic rings. The van der Waals surface area contributed by atoms with Crippen molar-refractivity contribution in [1.82, 2.24) is 10.3 Å². The van der Waals surface area contributed by atoms with Crippen molar-refractivity contribution < 1.29 is 9.53 Å². The predicted octanol–water partition coefficient (Wildman–Crippen LogP) is 3.75. The summed E-state index contributed by atoms with van der Waals surface area (Å²) in [5.74, 6) is 0.315. The number of nitrogens with zero attached hydrogens (tertiary/aromatic N) is 1. The largest absolute Gasteiger partial charge is 0.444 e. The molecule has 2 rings (SSSR count). The maximum atomic E-state index is 11.8. The standard InChI is InChI=1S/C18H18ClN3O2.C3H8/c1-3-15-14(10-16(19)22-17(15)20)9-12(2)21-18(23)24-11-13-7-5-4-6-8-13;1-3-2/h3-10H,2,11H2,1H3,(H2,20,22)(H,21,23);3H2,1-2H3/b14-9-,15-3+;. The minimum Gasteiger partial charge on any atom is -0.444 e. The fraction of sp³-hybridized carbons (Fsp3) is 0.238. The monoisotopic (exact) mass is 387 g/mol. The molecule has 1 aromatic heterocycles. The average Bonchev–Trinajstić information content (AvgIpc) is 2.61. The summed E-state index contributed by atoms with van der Waals surface area (Å²) < 4.78 is 5.14. The van der Waals surface area contributed by atoms with Crippen LogP contribution in [0.2, 0.25) is 5.15 Å². The molecule has 5 nitrogen and oxygen atoms in total. The molecule has 0 saturated carbocycles. The van der Waals surface area contributed by atoms with Crippen LogP contribution in [0.15, 0.2) is 48.7 Å². The quantitative estimate of drug-likeness (QED) is 0.783. The Hall–Kier alpha value is -2.79. The van der Waals surface area contributed by atoms with E-state index in [1.54, 1.807) is 12.1 Å². The van der Waals surface area contributed by atoms with Gasteiger partial charge in [0.2, 0.25) is 0 Å². The minimum atomic E-state index is -0.588. The highest BCUT2D eigenvalue weighted by molar-refractivity contribution is 6.29. The average molecular weight is 388 g/mol. The Morgan fingerprint density at radius 1 is 1.33 bits per heavy atom. The highest BCUT2D eigenvalue weighted by atomic mass is 35.5. The van der Waals surface area contributed by atoms with Gasteiger partial charge in [0, 0.05) is 10.9 Å². The fourth-order valence-corrected chi connectivity index (χ4v) is 2.32. The Morgan fingerprint density at radius 3 is 2.56 bits per heavy atom. The van der Waals surface area contributed by atoms with Gasteiger partial charge in [0.15, 0.2) is 0 Å². The molecule has 2 aromatic rings. The first kappa shape index (κ1) is 22.3. The van der Waals surface area contributed by atoms with Crippen molar-refractivity contribution in [3.8, 4) is 0 Å².